The lowest BCUT2D eigenvalue weighted by Gasteiger charge is -2.36. The van der Waals surface area contributed by atoms with Gasteiger partial charge in [-0.15, -0.1) is 23.5 Å². The fourth-order valence-electron chi connectivity index (χ4n) is 3.97. The van der Waals surface area contributed by atoms with Gasteiger partial charge in [0.2, 0.25) is 5.91 Å². The van der Waals surface area contributed by atoms with Gasteiger partial charge in [-0.25, -0.2) is 4.79 Å². The van der Waals surface area contributed by atoms with Crippen LogP contribution in [0.15, 0.2) is 18.2 Å². The fourth-order valence-corrected chi connectivity index (χ4v) is 5.06. The van der Waals surface area contributed by atoms with Gasteiger partial charge in [-0.1, -0.05) is 33.1 Å². The van der Waals surface area contributed by atoms with Crippen LogP contribution in [0.3, 0.4) is 0 Å². The largest absolute Gasteiger partial charge is 0.423 e. The molecule has 0 aliphatic heterocycles. The maximum atomic E-state index is 13.5. The van der Waals surface area contributed by atoms with E-state index in [0.717, 1.165) is 43.9 Å². The van der Waals surface area contributed by atoms with Crippen LogP contribution in [0.2, 0.25) is 0 Å². The molecule has 186 valence electrons. The van der Waals surface area contributed by atoms with Crippen LogP contribution in [0.5, 0.6) is 5.75 Å². The topological polar surface area (TPSA) is 55.4 Å². The summed E-state index contributed by atoms with van der Waals surface area (Å²) in [6.07, 6.45) is 4.75. The standard InChI is InChI=1S/C24H34F3NO3S2/c1-16(2)11-14-23(12-7-6-8-13-23)20(29)28-18-15-17(24(25,26)27)9-10-19(18)31-21(30)22(3,32-4)33-5/h9-10,15-16H,6-8,11-14H2,1-5H3,(H,28,29). The molecule has 1 aromatic rings. The summed E-state index contributed by atoms with van der Waals surface area (Å²) in [5.41, 5.74) is -1.65. The Morgan fingerprint density at radius 1 is 1.12 bits per heavy atom. The van der Waals surface area contributed by atoms with Crippen LogP contribution in [0.4, 0.5) is 18.9 Å². The highest BCUT2D eigenvalue weighted by Crippen LogP contribution is 2.44. The van der Waals surface area contributed by atoms with Crippen LogP contribution in [-0.2, 0) is 15.8 Å². The third-order valence-electron chi connectivity index (χ3n) is 6.40. The number of thioether (sulfide) groups is 2. The molecule has 1 aromatic carbocycles. The van der Waals surface area contributed by atoms with Crippen LogP contribution in [0, 0.1) is 11.3 Å². The second-order valence-corrected chi connectivity index (χ2v) is 11.9. The molecule has 0 atom stereocenters. The zero-order chi connectivity index (χ0) is 24.9. The van der Waals surface area contributed by atoms with Crippen molar-refractivity contribution in [1.29, 1.82) is 0 Å². The Labute approximate surface area is 203 Å². The van der Waals surface area contributed by atoms with Crippen molar-refractivity contribution in [2.45, 2.75) is 76.0 Å². The normalized spacial score (nSPS) is 16.5. The second-order valence-electron chi connectivity index (χ2n) is 9.18. The van der Waals surface area contributed by atoms with Crippen molar-refractivity contribution in [1.82, 2.24) is 0 Å². The molecule has 1 aliphatic rings. The minimum absolute atomic E-state index is 0.0782. The molecule has 1 N–H and O–H groups in total. The molecular formula is C24H34F3NO3S2. The van der Waals surface area contributed by atoms with Gasteiger partial charge in [0.25, 0.3) is 0 Å². The number of hydrogen-bond donors (Lipinski definition) is 1. The number of ether oxygens (including phenoxy) is 1. The number of rotatable bonds is 9. The van der Waals surface area contributed by atoms with Crippen LogP contribution in [0.1, 0.15) is 71.3 Å². The molecule has 0 unspecified atom stereocenters. The zero-order valence-electron chi connectivity index (χ0n) is 19.9. The summed E-state index contributed by atoms with van der Waals surface area (Å²) in [6, 6.07) is 2.83. The minimum atomic E-state index is -4.59. The first-order valence-electron chi connectivity index (χ1n) is 11.2. The Morgan fingerprint density at radius 3 is 2.24 bits per heavy atom. The maximum Gasteiger partial charge on any atom is 0.416 e. The van der Waals surface area contributed by atoms with Crippen LogP contribution < -0.4 is 10.1 Å². The van der Waals surface area contributed by atoms with Gasteiger partial charge >= 0.3 is 12.1 Å². The van der Waals surface area contributed by atoms with E-state index in [1.807, 2.05) is 0 Å². The summed E-state index contributed by atoms with van der Waals surface area (Å²) in [7, 11) is 0. The van der Waals surface area contributed by atoms with E-state index in [9.17, 15) is 22.8 Å². The number of alkyl halides is 3. The predicted octanol–water partition coefficient (Wildman–Crippen LogP) is 7.38. The van der Waals surface area contributed by atoms with Crippen LogP contribution in [-0.4, -0.2) is 28.5 Å². The number of amides is 1. The van der Waals surface area contributed by atoms with E-state index in [1.54, 1.807) is 19.4 Å². The summed E-state index contributed by atoms with van der Waals surface area (Å²) in [6.45, 7) is 5.87. The maximum absolute atomic E-state index is 13.5. The average Bonchev–Trinajstić information content (AvgIpc) is 2.78. The van der Waals surface area contributed by atoms with E-state index in [2.05, 4.69) is 19.2 Å². The lowest BCUT2D eigenvalue weighted by atomic mass is 9.69. The number of carbonyl (C=O) groups excluding carboxylic acids is 2. The number of anilines is 1. The van der Waals surface area contributed by atoms with Crippen molar-refractivity contribution in [3.8, 4) is 5.75 Å². The third-order valence-corrected chi connectivity index (χ3v) is 9.29. The van der Waals surface area contributed by atoms with Crippen molar-refractivity contribution in [2.24, 2.45) is 11.3 Å². The monoisotopic (exact) mass is 505 g/mol. The highest BCUT2D eigenvalue weighted by molar-refractivity contribution is 8.18. The Hall–Kier alpha value is -1.35. The number of nitrogens with one attached hydrogen (secondary N) is 1. The van der Waals surface area contributed by atoms with E-state index in [4.69, 9.17) is 4.74 Å². The van der Waals surface area contributed by atoms with Crippen molar-refractivity contribution in [3.05, 3.63) is 23.8 Å². The van der Waals surface area contributed by atoms with Gasteiger partial charge in [0, 0.05) is 5.41 Å². The highest BCUT2D eigenvalue weighted by atomic mass is 32.2. The van der Waals surface area contributed by atoms with Crippen molar-refractivity contribution >= 4 is 41.1 Å². The lowest BCUT2D eigenvalue weighted by Crippen LogP contribution is -2.38. The van der Waals surface area contributed by atoms with E-state index in [0.29, 0.717) is 25.2 Å². The molecule has 33 heavy (non-hydrogen) atoms. The van der Waals surface area contributed by atoms with Gasteiger partial charge in [0.1, 0.15) is 0 Å². The number of carbonyl (C=O) groups is 2. The van der Waals surface area contributed by atoms with E-state index in [-0.39, 0.29) is 17.3 Å². The SMILES string of the molecule is CSC(C)(SC)C(=O)Oc1ccc(C(F)(F)F)cc1NC(=O)C1(CCC(C)C)CCCCC1. The predicted molar refractivity (Wildman–Crippen MR) is 131 cm³/mol. The van der Waals surface area contributed by atoms with Crippen molar-refractivity contribution in [3.63, 3.8) is 0 Å². The van der Waals surface area contributed by atoms with Crippen molar-refractivity contribution < 1.29 is 27.5 Å². The van der Waals surface area contributed by atoms with Gasteiger partial charge in [0.05, 0.1) is 11.3 Å². The van der Waals surface area contributed by atoms with E-state index >= 15 is 0 Å². The Balaban J connectivity index is 2.40. The second kappa shape index (κ2) is 11.4. The molecule has 9 heteroatoms. The molecule has 4 nitrogen and oxygen atoms in total. The first kappa shape index (κ1) is 27.9. The van der Waals surface area contributed by atoms with Gasteiger partial charge in [0.15, 0.2) is 9.83 Å². The molecule has 1 fully saturated rings. The Kier molecular flexibility index (Phi) is 9.62. The van der Waals surface area contributed by atoms with Gasteiger partial charge in [-0.3, -0.25) is 4.79 Å². The molecule has 1 saturated carbocycles. The summed E-state index contributed by atoms with van der Waals surface area (Å²) in [5, 5.41) is 2.72. The van der Waals surface area contributed by atoms with Gasteiger partial charge in [-0.05, 0) is 69.2 Å². The first-order chi connectivity index (χ1) is 15.4. The van der Waals surface area contributed by atoms with Gasteiger partial charge < -0.3 is 10.1 Å². The minimum Gasteiger partial charge on any atom is -0.423 e. The van der Waals surface area contributed by atoms with Crippen molar-refractivity contribution in [2.75, 3.05) is 17.8 Å². The van der Waals surface area contributed by atoms with Crippen LogP contribution in [0.25, 0.3) is 0 Å². The molecule has 1 amide bonds. The Bertz CT molecular complexity index is 833. The number of hydrogen-bond acceptors (Lipinski definition) is 5. The van der Waals surface area contributed by atoms with Gasteiger partial charge in [-0.2, -0.15) is 13.2 Å². The summed E-state index contributed by atoms with van der Waals surface area (Å²) in [5.74, 6) is -0.551. The van der Waals surface area contributed by atoms with E-state index < -0.39 is 27.2 Å². The fraction of sp³-hybridized carbons (Fsp3) is 0.667. The average molecular weight is 506 g/mol. The molecule has 0 radical (unpaired) electrons. The zero-order valence-corrected chi connectivity index (χ0v) is 21.6. The molecule has 1 aliphatic carbocycles. The number of halogens is 3. The lowest BCUT2D eigenvalue weighted by molar-refractivity contribution is -0.137. The highest BCUT2D eigenvalue weighted by Gasteiger charge is 2.40. The molecular weight excluding hydrogens is 471 g/mol. The molecule has 0 aromatic heterocycles. The summed E-state index contributed by atoms with van der Waals surface area (Å²) < 4.78 is 44.8. The first-order valence-corrected chi connectivity index (χ1v) is 13.7. The number of esters is 1. The third kappa shape index (κ3) is 7.07. The molecule has 0 spiro atoms. The number of benzene rings is 1. The summed E-state index contributed by atoms with van der Waals surface area (Å²) in [4.78, 5) is 26.2. The summed E-state index contributed by atoms with van der Waals surface area (Å²) >= 11 is 2.56. The smallest absolute Gasteiger partial charge is 0.416 e. The van der Waals surface area contributed by atoms with E-state index in [1.165, 1.54) is 23.5 Å². The molecule has 2 rings (SSSR count). The Morgan fingerprint density at radius 2 is 1.73 bits per heavy atom. The van der Waals surface area contributed by atoms with Crippen LogP contribution >= 0.6 is 23.5 Å². The molecule has 0 heterocycles. The molecule has 0 saturated heterocycles. The quantitative estimate of drug-likeness (QED) is 0.216. The molecule has 0 bridgehead atoms.